The lowest BCUT2D eigenvalue weighted by atomic mass is 9.68. The van der Waals surface area contributed by atoms with E-state index in [0.717, 1.165) is 35.6 Å². The minimum atomic E-state index is -0.458. The Morgan fingerprint density at radius 2 is 2.36 bits per heavy atom. The molecule has 1 aliphatic heterocycles. The van der Waals surface area contributed by atoms with Crippen LogP contribution in [0, 0.1) is 0 Å². The molecule has 1 aromatic rings. The number of aliphatic hydroxyl groups excluding tert-OH is 1. The highest BCUT2D eigenvalue weighted by Gasteiger charge is 2.51. The lowest BCUT2D eigenvalue weighted by Gasteiger charge is -2.36. The van der Waals surface area contributed by atoms with Gasteiger partial charge in [0.25, 0.3) is 0 Å². The number of fused-ring (bicyclic) bond motifs is 3. The van der Waals surface area contributed by atoms with Crippen LogP contribution in [0.25, 0.3) is 6.08 Å². The van der Waals surface area contributed by atoms with Crippen molar-refractivity contribution in [1.82, 2.24) is 5.32 Å². The minimum absolute atomic E-state index is 0.0779. The Hall–Kier alpha value is -1.78. The highest BCUT2D eigenvalue weighted by molar-refractivity contribution is 5.67. The summed E-state index contributed by atoms with van der Waals surface area (Å²) in [6, 6.07) is 3.94. The van der Waals surface area contributed by atoms with Crippen molar-refractivity contribution in [2.24, 2.45) is 0 Å². The molecule has 0 bridgehead atoms. The van der Waals surface area contributed by atoms with Crippen LogP contribution in [0.15, 0.2) is 30.9 Å². The van der Waals surface area contributed by atoms with Gasteiger partial charge in [-0.2, -0.15) is 0 Å². The van der Waals surface area contributed by atoms with Crippen molar-refractivity contribution in [2.45, 2.75) is 30.5 Å². The van der Waals surface area contributed by atoms with Gasteiger partial charge in [0.1, 0.15) is 6.10 Å². The highest BCUT2D eigenvalue weighted by atomic mass is 16.5. The zero-order valence-corrected chi connectivity index (χ0v) is 13.1. The first kappa shape index (κ1) is 15.1. The summed E-state index contributed by atoms with van der Waals surface area (Å²) in [5.41, 5.74) is 1.95. The normalized spacial score (nSPS) is 28.7. The van der Waals surface area contributed by atoms with Crippen LogP contribution < -0.4 is 14.8 Å². The standard InChI is InChI=1S/C18H23NO3/c1-4-12-5-6-14(21-3)17-16(12)18(9-10-19-2)8-7-13(20)11-15(18)22-17/h4-8,13,15,19-20H,1,9-11H2,2-3H3/t13-,15-,18-/m1/s1. The number of aliphatic hydroxyl groups is 1. The molecule has 1 heterocycles. The van der Waals surface area contributed by atoms with Gasteiger partial charge in [-0.1, -0.05) is 30.9 Å². The molecule has 1 aliphatic carbocycles. The molecule has 0 fully saturated rings. The monoisotopic (exact) mass is 301 g/mol. The molecule has 0 radical (unpaired) electrons. The maximum atomic E-state index is 9.99. The lowest BCUT2D eigenvalue weighted by molar-refractivity contribution is 0.0848. The van der Waals surface area contributed by atoms with Gasteiger partial charge in [-0.15, -0.1) is 0 Å². The van der Waals surface area contributed by atoms with Crippen molar-refractivity contribution in [2.75, 3.05) is 20.7 Å². The predicted molar refractivity (Wildman–Crippen MR) is 87.5 cm³/mol. The third-order valence-corrected chi connectivity index (χ3v) is 4.75. The van der Waals surface area contributed by atoms with Crippen LogP contribution >= 0.6 is 0 Å². The quantitative estimate of drug-likeness (QED) is 0.819. The molecule has 22 heavy (non-hydrogen) atoms. The second-order valence-electron chi connectivity index (χ2n) is 5.93. The van der Waals surface area contributed by atoms with Crippen LogP contribution in [0.4, 0.5) is 0 Å². The molecule has 2 aliphatic rings. The molecular formula is C18H23NO3. The van der Waals surface area contributed by atoms with Gasteiger partial charge in [-0.25, -0.2) is 0 Å². The van der Waals surface area contributed by atoms with Gasteiger partial charge < -0.3 is 19.9 Å². The van der Waals surface area contributed by atoms with Crippen molar-refractivity contribution in [3.63, 3.8) is 0 Å². The van der Waals surface area contributed by atoms with E-state index in [1.807, 2.05) is 31.3 Å². The molecule has 118 valence electrons. The molecule has 1 aromatic carbocycles. The minimum Gasteiger partial charge on any atom is -0.493 e. The highest BCUT2D eigenvalue weighted by Crippen LogP contribution is 2.54. The van der Waals surface area contributed by atoms with Crippen molar-refractivity contribution in [3.05, 3.63) is 42.0 Å². The number of ether oxygens (including phenoxy) is 2. The van der Waals surface area contributed by atoms with E-state index >= 15 is 0 Å². The zero-order valence-electron chi connectivity index (χ0n) is 13.1. The van der Waals surface area contributed by atoms with Gasteiger partial charge in [-0.05, 0) is 31.6 Å². The molecule has 3 atom stereocenters. The van der Waals surface area contributed by atoms with Crippen LogP contribution in [0.2, 0.25) is 0 Å². The summed E-state index contributed by atoms with van der Waals surface area (Å²) in [6.07, 6.45) is 6.82. The zero-order chi connectivity index (χ0) is 15.7. The number of nitrogens with one attached hydrogen (secondary N) is 1. The Kier molecular flexibility index (Phi) is 3.98. The van der Waals surface area contributed by atoms with Crippen LogP contribution in [0.5, 0.6) is 11.5 Å². The number of hydrogen-bond donors (Lipinski definition) is 2. The average Bonchev–Trinajstić information content (AvgIpc) is 2.86. The summed E-state index contributed by atoms with van der Waals surface area (Å²) in [6.45, 7) is 4.81. The van der Waals surface area contributed by atoms with E-state index in [-0.39, 0.29) is 11.5 Å². The first-order chi connectivity index (χ1) is 10.7. The summed E-state index contributed by atoms with van der Waals surface area (Å²) >= 11 is 0. The number of benzene rings is 1. The van der Waals surface area contributed by atoms with E-state index in [9.17, 15) is 5.11 Å². The van der Waals surface area contributed by atoms with E-state index in [4.69, 9.17) is 9.47 Å². The van der Waals surface area contributed by atoms with E-state index < -0.39 is 6.10 Å². The van der Waals surface area contributed by atoms with Crippen molar-refractivity contribution in [3.8, 4) is 11.5 Å². The van der Waals surface area contributed by atoms with Crippen LogP contribution in [-0.4, -0.2) is 38.0 Å². The fourth-order valence-electron chi connectivity index (χ4n) is 3.65. The second kappa shape index (κ2) is 5.78. The largest absolute Gasteiger partial charge is 0.493 e. The number of rotatable bonds is 5. The topological polar surface area (TPSA) is 50.7 Å². The molecule has 4 heteroatoms. The molecule has 0 aromatic heterocycles. The fraction of sp³-hybridized carbons (Fsp3) is 0.444. The summed E-state index contributed by atoms with van der Waals surface area (Å²) in [5.74, 6) is 1.53. The molecule has 0 unspecified atom stereocenters. The van der Waals surface area contributed by atoms with E-state index in [0.29, 0.717) is 6.42 Å². The SMILES string of the molecule is C=Cc1ccc(OC)c2c1[C@@]1(CCNC)C=C[C@@H](O)C[C@H]1O2. The first-order valence-corrected chi connectivity index (χ1v) is 7.69. The average molecular weight is 301 g/mol. The third-order valence-electron chi connectivity index (χ3n) is 4.75. The predicted octanol–water partition coefficient (Wildman–Crippen LogP) is 2.27. The molecule has 0 saturated carbocycles. The van der Waals surface area contributed by atoms with Crippen molar-refractivity contribution >= 4 is 6.08 Å². The molecule has 0 amide bonds. The van der Waals surface area contributed by atoms with Crippen molar-refractivity contribution in [1.29, 1.82) is 0 Å². The maximum Gasteiger partial charge on any atom is 0.166 e. The van der Waals surface area contributed by atoms with Gasteiger partial charge in [0, 0.05) is 12.0 Å². The Morgan fingerprint density at radius 3 is 3.05 bits per heavy atom. The number of hydrogen-bond acceptors (Lipinski definition) is 4. The summed E-state index contributed by atoms with van der Waals surface area (Å²) in [7, 11) is 3.60. The summed E-state index contributed by atoms with van der Waals surface area (Å²) < 4.78 is 11.7. The van der Waals surface area contributed by atoms with Gasteiger partial charge in [-0.3, -0.25) is 0 Å². The van der Waals surface area contributed by atoms with E-state index in [1.165, 1.54) is 0 Å². The van der Waals surface area contributed by atoms with E-state index in [1.54, 1.807) is 7.11 Å². The van der Waals surface area contributed by atoms with Gasteiger partial charge in [0.05, 0.1) is 18.6 Å². The first-order valence-electron chi connectivity index (χ1n) is 7.69. The molecule has 3 rings (SSSR count). The van der Waals surface area contributed by atoms with Crippen LogP contribution in [0.3, 0.4) is 0 Å². The Morgan fingerprint density at radius 1 is 1.55 bits per heavy atom. The van der Waals surface area contributed by atoms with E-state index in [2.05, 4.69) is 18.0 Å². The van der Waals surface area contributed by atoms with Gasteiger partial charge in [0.2, 0.25) is 0 Å². The third kappa shape index (κ3) is 2.14. The fourth-order valence-corrected chi connectivity index (χ4v) is 3.65. The van der Waals surface area contributed by atoms with Gasteiger partial charge >= 0.3 is 0 Å². The Bertz CT molecular complexity index is 611. The molecular weight excluding hydrogens is 278 g/mol. The lowest BCUT2D eigenvalue weighted by Crippen LogP contribution is -2.43. The second-order valence-corrected chi connectivity index (χ2v) is 5.93. The Balaban J connectivity index is 2.19. The van der Waals surface area contributed by atoms with Crippen LogP contribution in [-0.2, 0) is 5.41 Å². The molecule has 2 N–H and O–H groups in total. The van der Waals surface area contributed by atoms with Crippen LogP contribution in [0.1, 0.15) is 24.0 Å². The Labute approximate surface area is 131 Å². The molecule has 0 saturated heterocycles. The summed E-state index contributed by atoms with van der Waals surface area (Å²) in [5, 5.41) is 13.2. The molecule has 0 spiro atoms. The summed E-state index contributed by atoms with van der Waals surface area (Å²) in [4.78, 5) is 0. The van der Waals surface area contributed by atoms with Crippen molar-refractivity contribution < 1.29 is 14.6 Å². The smallest absolute Gasteiger partial charge is 0.166 e. The maximum absolute atomic E-state index is 9.99. The molecule has 4 nitrogen and oxygen atoms in total. The number of methoxy groups -OCH3 is 1. The van der Waals surface area contributed by atoms with Gasteiger partial charge in [0.15, 0.2) is 11.5 Å².